The second-order valence-corrected chi connectivity index (χ2v) is 7.31. The molecule has 4 nitrogen and oxygen atoms in total. The molecular weight excluding hydrogens is 314 g/mol. The smallest absolute Gasteiger partial charge is 0.326 e. The van der Waals surface area contributed by atoms with Gasteiger partial charge < -0.3 is 5.11 Å². The molecule has 1 aliphatic heterocycles. The van der Waals surface area contributed by atoms with Gasteiger partial charge in [-0.25, -0.2) is 9.59 Å². The molecule has 0 aliphatic carbocycles. The number of rotatable bonds is 15. The number of quaternary nitrogens is 1. The fourth-order valence-corrected chi connectivity index (χ4v) is 3.57. The predicted molar refractivity (Wildman–Crippen MR) is 102 cm³/mol. The van der Waals surface area contributed by atoms with Gasteiger partial charge in [0.15, 0.2) is 0 Å². The largest absolute Gasteiger partial charge is 0.396 e. The lowest BCUT2D eigenvalue weighted by Gasteiger charge is -2.23. The van der Waals surface area contributed by atoms with Crippen LogP contribution < -0.4 is 0 Å². The lowest BCUT2D eigenvalue weighted by Crippen LogP contribution is -2.48. The van der Waals surface area contributed by atoms with Crippen molar-refractivity contribution >= 4 is 11.8 Å². The van der Waals surface area contributed by atoms with Gasteiger partial charge in [-0.2, -0.15) is 4.48 Å². The molecule has 1 saturated heterocycles. The number of aliphatic hydroxyl groups excluding tert-OH is 1. The molecule has 1 fully saturated rings. The van der Waals surface area contributed by atoms with Gasteiger partial charge in [0.2, 0.25) is 0 Å². The van der Waals surface area contributed by atoms with Gasteiger partial charge in [0, 0.05) is 13.0 Å². The molecule has 0 aromatic rings. The molecule has 0 atom stereocenters. The number of hydrogen-bond donors (Lipinski definition) is 1. The van der Waals surface area contributed by atoms with E-state index in [-0.39, 0.29) is 22.9 Å². The van der Waals surface area contributed by atoms with Crippen LogP contribution in [0.15, 0.2) is 12.3 Å². The number of unbranched alkanes of at least 4 members (excludes halogenated alkanes) is 10. The van der Waals surface area contributed by atoms with E-state index < -0.39 is 0 Å². The van der Waals surface area contributed by atoms with Crippen LogP contribution in [0.1, 0.15) is 96.8 Å². The van der Waals surface area contributed by atoms with E-state index in [0.717, 1.165) is 12.8 Å². The lowest BCUT2D eigenvalue weighted by molar-refractivity contribution is -0.719. The average Bonchev–Trinajstić information content (AvgIpc) is 2.89. The first kappa shape index (κ1) is 22.0. The molecule has 4 heteroatoms. The molecular formula is C21H38NO3+. The fourth-order valence-electron chi connectivity index (χ4n) is 3.57. The maximum Gasteiger partial charge on any atom is 0.326 e. The number of allylic oxidation sites excluding steroid dienone is 1. The van der Waals surface area contributed by atoms with E-state index in [1.807, 2.05) is 6.08 Å². The van der Waals surface area contributed by atoms with Crippen LogP contribution in [0, 0.1) is 0 Å². The summed E-state index contributed by atoms with van der Waals surface area (Å²) < 4.78 is -0.168. The first-order chi connectivity index (χ1) is 12.2. The average molecular weight is 353 g/mol. The van der Waals surface area contributed by atoms with E-state index in [0.29, 0.717) is 25.8 Å². The number of hydrogen-bond acceptors (Lipinski definition) is 3. The van der Waals surface area contributed by atoms with E-state index in [2.05, 4.69) is 6.92 Å². The third kappa shape index (κ3) is 7.83. The van der Waals surface area contributed by atoms with Gasteiger partial charge in [0.25, 0.3) is 0 Å². The van der Waals surface area contributed by atoms with Crippen molar-refractivity contribution in [1.82, 2.24) is 0 Å². The van der Waals surface area contributed by atoms with Crippen molar-refractivity contribution in [2.45, 2.75) is 96.8 Å². The number of carbonyl (C=O) groups excluding carboxylic acids is 2. The Labute approximate surface area is 153 Å². The summed E-state index contributed by atoms with van der Waals surface area (Å²) >= 11 is 0. The van der Waals surface area contributed by atoms with Gasteiger partial charge >= 0.3 is 11.8 Å². The summed E-state index contributed by atoms with van der Waals surface area (Å²) in [6.45, 7) is 2.68. The topological polar surface area (TPSA) is 54.4 Å². The number of carbonyl (C=O) groups is 2. The zero-order chi connectivity index (χ0) is 18.4. The van der Waals surface area contributed by atoms with Crippen LogP contribution in [0.25, 0.3) is 0 Å². The zero-order valence-corrected chi connectivity index (χ0v) is 16.2. The van der Waals surface area contributed by atoms with Gasteiger partial charge in [-0.1, -0.05) is 64.7 Å². The number of nitrogens with zero attached hydrogens (tertiary/aromatic N) is 1. The number of amides is 2. The third-order valence-electron chi connectivity index (χ3n) is 5.20. The van der Waals surface area contributed by atoms with Crippen molar-refractivity contribution in [2.75, 3.05) is 13.2 Å². The molecule has 0 bridgehead atoms. The first-order valence-electron chi connectivity index (χ1n) is 10.4. The van der Waals surface area contributed by atoms with Crippen LogP contribution in [0.2, 0.25) is 0 Å². The molecule has 0 unspecified atom stereocenters. The van der Waals surface area contributed by atoms with Gasteiger partial charge in [0.1, 0.15) is 6.20 Å². The molecule has 1 heterocycles. The Bertz CT molecular complexity index is 401. The Morgan fingerprint density at radius 3 is 1.88 bits per heavy atom. The van der Waals surface area contributed by atoms with Crippen LogP contribution in [-0.4, -0.2) is 34.6 Å². The number of likely N-dealkylation sites (tertiary alicyclic amines) is 1. The van der Waals surface area contributed by atoms with Gasteiger partial charge in [-0.3, -0.25) is 0 Å². The summed E-state index contributed by atoms with van der Waals surface area (Å²) in [7, 11) is 0. The molecule has 0 aromatic carbocycles. The van der Waals surface area contributed by atoms with Crippen LogP contribution in [0.4, 0.5) is 0 Å². The Kier molecular flexibility index (Phi) is 11.7. The highest BCUT2D eigenvalue weighted by atomic mass is 16.3. The van der Waals surface area contributed by atoms with E-state index in [1.54, 1.807) is 6.20 Å². The standard InChI is InChI=1S/C21H38NO3/c1-2-3-4-5-6-7-8-9-10-11-12-13-17-22(18-14-19-23)20(24)15-16-21(22)25/h13,17,23H,2-12,14-16,18-19H2,1H3/q+1. The quantitative estimate of drug-likeness (QED) is 0.260. The van der Waals surface area contributed by atoms with Crippen molar-refractivity contribution in [1.29, 1.82) is 0 Å². The highest BCUT2D eigenvalue weighted by Crippen LogP contribution is 2.25. The van der Waals surface area contributed by atoms with E-state index >= 15 is 0 Å². The van der Waals surface area contributed by atoms with Crippen molar-refractivity contribution in [3.05, 3.63) is 12.3 Å². The Balaban J connectivity index is 2.16. The van der Waals surface area contributed by atoms with Crippen molar-refractivity contribution in [3.8, 4) is 0 Å². The zero-order valence-electron chi connectivity index (χ0n) is 16.2. The van der Waals surface area contributed by atoms with Gasteiger partial charge in [-0.15, -0.1) is 0 Å². The van der Waals surface area contributed by atoms with Crippen LogP contribution in [-0.2, 0) is 9.59 Å². The normalized spacial score (nSPS) is 17.0. The van der Waals surface area contributed by atoms with Crippen molar-refractivity contribution < 1.29 is 19.2 Å². The van der Waals surface area contributed by atoms with E-state index in [4.69, 9.17) is 5.11 Å². The Morgan fingerprint density at radius 1 is 0.840 bits per heavy atom. The second kappa shape index (κ2) is 13.2. The van der Waals surface area contributed by atoms with Gasteiger partial charge in [-0.05, 0) is 18.9 Å². The fraction of sp³-hybridized carbons (Fsp3) is 0.810. The maximum atomic E-state index is 12.2. The molecule has 25 heavy (non-hydrogen) atoms. The van der Waals surface area contributed by atoms with Crippen LogP contribution in [0.3, 0.4) is 0 Å². The highest BCUT2D eigenvalue weighted by molar-refractivity contribution is 5.92. The molecule has 1 N–H and O–H groups in total. The van der Waals surface area contributed by atoms with Crippen LogP contribution in [0.5, 0.6) is 0 Å². The van der Waals surface area contributed by atoms with E-state index in [9.17, 15) is 9.59 Å². The molecule has 2 amide bonds. The summed E-state index contributed by atoms with van der Waals surface area (Å²) in [5.41, 5.74) is 0. The van der Waals surface area contributed by atoms with Crippen molar-refractivity contribution in [3.63, 3.8) is 0 Å². The van der Waals surface area contributed by atoms with Crippen LogP contribution >= 0.6 is 0 Å². The summed E-state index contributed by atoms with van der Waals surface area (Å²) in [4.78, 5) is 24.3. The Hall–Kier alpha value is -1.00. The minimum atomic E-state index is -0.168. The first-order valence-corrected chi connectivity index (χ1v) is 10.4. The molecule has 144 valence electrons. The number of imide groups is 1. The third-order valence-corrected chi connectivity index (χ3v) is 5.20. The summed E-state index contributed by atoms with van der Waals surface area (Å²) in [5.74, 6) is -0.0319. The molecule has 1 aliphatic rings. The van der Waals surface area contributed by atoms with E-state index in [1.165, 1.54) is 57.8 Å². The number of aliphatic hydroxyl groups is 1. The molecule has 1 rings (SSSR count). The molecule has 0 aromatic heterocycles. The predicted octanol–water partition coefficient (Wildman–Crippen LogP) is 4.86. The van der Waals surface area contributed by atoms with Crippen molar-refractivity contribution in [2.24, 2.45) is 0 Å². The highest BCUT2D eigenvalue weighted by Gasteiger charge is 2.47. The second-order valence-electron chi connectivity index (χ2n) is 7.31. The summed E-state index contributed by atoms with van der Waals surface area (Å²) in [5, 5.41) is 9.03. The SMILES string of the molecule is CCCCCCCCCCCCC=C[N+]1(CCCO)C(=O)CCC1=O. The summed E-state index contributed by atoms with van der Waals surface area (Å²) in [6.07, 6.45) is 19.0. The molecule has 0 saturated carbocycles. The van der Waals surface area contributed by atoms with Gasteiger partial charge in [0.05, 0.1) is 19.4 Å². The lowest BCUT2D eigenvalue weighted by atomic mass is 10.1. The molecule has 0 radical (unpaired) electrons. The monoisotopic (exact) mass is 352 g/mol. The minimum Gasteiger partial charge on any atom is -0.396 e. The maximum absolute atomic E-state index is 12.2. The Morgan fingerprint density at radius 2 is 1.36 bits per heavy atom. The minimum absolute atomic E-state index is 0.0160. The molecule has 0 spiro atoms. The summed E-state index contributed by atoms with van der Waals surface area (Å²) in [6, 6.07) is 0.